The van der Waals surface area contributed by atoms with Crippen LogP contribution < -0.4 is 10.0 Å². The second kappa shape index (κ2) is 7.78. The third-order valence-electron chi connectivity index (χ3n) is 2.39. The molecule has 0 bridgehead atoms. The summed E-state index contributed by atoms with van der Waals surface area (Å²) < 4.78 is 42.6. The predicted molar refractivity (Wildman–Crippen MR) is 74.8 cm³/mol. The quantitative estimate of drug-likeness (QED) is 0.691. The fourth-order valence-electron chi connectivity index (χ4n) is 1.35. The number of hydrogen-bond acceptors (Lipinski definition) is 5. The standard InChI is InChI=1S/C11H20N2O4S2/c1-3-12-9-10-5-6-11(17-10)19(15,16)13-7-8-18(14)4-2/h5-6,12-13H,3-4,7-9H2,1-2H3. The van der Waals surface area contributed by atoms with Crippen LogP contribution in [-0.4, -0.2) is 37.2 Å². The lowest BCUT2D eigenvalue weighted by Crippen LogP contribution is -2.27. The summed E-state index contributed by atoms with van der Waals surface area (Å²) in [5.41, 5.74) is 0. The molecule has 0 aliphatic rings. The van der Waals surface area contributed by atoms with Crippen LogP contribution in [0.3, 0.4) is 0 Å². The highest BCUT2D eigenvalue weighted by molar-refractivity contribution is 7.89. The summed E-state index contributed by atoms with van der Waals surface area (Å²) in [6.45, 7) is 5.17. The first kappa shape index (κ1) is 16.4. The SMILES string of the molecule is CCNCc1ccc(S(=O)(=O)NCCS(=O)CC)o1. The van der Waals surface area contributed by atoms with Crippen molar-refractivity contribution < 1.29 is 17.0 Å². The molecule has 0 fully saturated rings. The van der Waals surface area contributed by atoms with Crippen LogP contribution in [0.5, 0.6) is 0 Å². The molecule has 0 aromatic carbocycles. The van der Waals surface area contributed by atoms with Crippen LogP contribution in [0.15, 0.2) is 21.6 Å². The Bertz CT molecular complexity index is 511. The first-order valence-corrected chi connectivity index (χ1v) is 9.10. The maximum atomic E-state index is 11.9. The average Bonchev–Trinajstić information content (AvgIpc) is 2.85. The van der Waals surface area contributed by atoms with Gasteiger partial charge in [-0.1, -0.05) is 13.8 Å². The zero-order chi connectivity index (χ0) is 14.3. The molecule has 0 amide bonds. The van der Waals surface area contributed by atoms with Crippen molar-refractivity contribution in [3.05, 3.63) is 17.9 Å². The zero-order valence-electron chi connectivity index (χ0n) is 11.1. The van der Waals surface area contributed by atoms with Crippen LogP contribution in [0, 0.1) is 0 Å². The molecular weight excluding hydrogens is 288 g/mol. The smallest absolute Gasteiger partial charge is 0.273 e. The van der Waals surface area contributed by atoms with Crippen molar-refractivity contribution >= 4 is 20.8 Å². The van der Waals surface area contributed by atoms with Gasteiger partial charge >= 0.3 is 0 Å². The average molecular weight is 308 g/mol. The Hall–Kier alpha value is -0.700. The van der Waals surface area contributed by atoms with E-state index >= 15 is 0 Å². The van der Waals surface area contributed by atoms with Crippen LogP contribution in [0.25, 0.3) is 0 Å². The summed E-state index contributed by atoms with van der Waals surface area (Å²) in [5, 5.41) is 2.94. The molecule has 110 valence electrons. The molecule has 1 unspecified atom stereocenters. The van der Waals surface area contributed by atoms with Gasteiger partial charge in [0.15, 0.2) is 0 Å². The van der Waals surface area contributed by atoms with Crippen molar-refractivity contribution in [2.24, 2.45) is 0 Å². The molecule has 1 heterocycles. The third-order valence-corrected chi connectivity index (χ3v) is 5.03. The molecule has 0 saturated heterocycles. The fourth-order valence-corrected chi connectivity index (χ4v) is 3.08. The molecule has 0 radical (unpaired) electrons. The molecule has 1 aromatic heterocycles. The van der Waals surface area contributed by atoms with E-state index in [4.69, 9.17) is 4.42 Å². The van der Waals surface area contributed by atoms with Crippen LogP contribution in [0.1, 0.15) is 19.6 Å². The van der Waals surface area contributed by atoms with Gasteiger partial charge in [0.1, 0.15) is 5.76 Å². The first-order chi connectivity index (χ1) is 8.99. The number of hydrogen-bond donors (Lipinski definition) is 2. The van der Waals surface area contributed by atoms with Crippen LogP contribution in [-0.2, 0) is 27.4 Å². The lowest BCUT2D eigenvalue weighted by molar-refractivity contribution is 0.402. The predicted octanol–water partition coefficient (Wildman–Crippen LogP) is 0.436. The van der Waals surface area contributed by atoms with E-state index in [1.54, 1.807) is 13.0 Å². The van der Waals surface area contributed by atoms with Gasteiger partial charge in [0.05, 0.1) is 6.54 Å². The van der Waals surface area contributed by atoms with Crippen molar-refractivity contribution in [1.29, 1.82) is 0 Å². The van der Waals surface area contributed by atoms with Gasteiger partial charge in [0, 0.05) is 28.9 Å². The highest BCUT2D eigenvalue weighted by atomic mass is 32.2. The fraction of sp³-hybridized carbons (Fsp3) is 0.636. The largest absolute Gasteiger partial charge is 0.447 e. The maximum absolute atomic E-state index is 11.9. The molecule has 0 saturated carbocycles. The van der Waals surface area contributed by atoms with Crippen LogP contribution >= 0.6 is 0 Å². The van der Waals surface area contributed by atoms with E-state index < -0.39 is 20.8 Å². The molecule has 1 aromatic rings. The van der Waals surface area contributed by atoms with Gasteiger partial charge in [0.2, 0.25) is 5.09 Å². The van der Waals surface area contributed by atoms with Crippen molar-refractivity contribution in [1.82, 2.24) is 10.0 Å². The Balaban J connectivity index is 2.56. The normalized spacial score (nSPS) is 13.6. The van der Waals surface area contributed by atoms with Crippen LogP contribution in [0.4, 0.5) is 0 Å². The molecule has 6 nitrogen and oxygen atoms in total. The van der Waals surface area contributed by atoms with Crippen molar-refractivity contribution in [3.8, 4) is 0 Å². The summed E-state index contributed by atoms with van der Waals surface area (Å²) in [6, 6.07) is 3.05. The third kappa shape index (κ3) is 5.43. The minimum absolute atomic E-state index is 0.109. The van der Waals surface area contributed by atoms with Gasteiger partial charge in [-0.25, -0.2) is 13.1 Å². The van der Waals surface area contributed by atoms with Crippen molar-refractivity contribution in [2.45, 2.75) is 25.5 Å². The second-order valence-corrected chi connectivity index (χ2v) is 7.39. The molecule has 1 rings (SSSR count). The van der Waals surface area contributed by atoms with Gasteiger partial charge in [-0.05, 0) is 18.7 Å². The van der Waals surface area contributed by atoms with Gasteiger partial charge in [-0.15, -0.1) is 0 Å². The Kier molecular flexibility index (Phi) is 6.70. The highest BCUT2D eigenvalue weighted by Crippen LogP contribution is 2.13. The Morgan fingerprint density at radius 3 is 2.68 bits per heavy atom. The number of rotatable bonds is 9. The van der Waals surface area contributed by atoms with E-state index in [-0.39, 0.29) is 11.6 Å². The van der Waals surface area contributed by atoms with E-state index in [1.165, 1.54) is 6.07 Å². The number of sulfonamides is 1. The number of nitrogens with one attached hydrogen (secondary N) is 2. The van der Waals surface area contributed by atoms with E-state index in [9.17, 15) is 12.6 Å². The summed E-state index contributed by atoms with van der Waals surface area (Å²) in [7, 11) is -4.63. The topological polar surface area (TPSA) is 88.4 Å². The molecule has 19 heavy (non-hydrogen) atoms. The van der Waals surface area contributed by atoms with Gasteiger partial charge in [-0.3, -0.25) is 4.21 Å². The van der Waals surface area contributed by atoms with Crippen molar-refractivity contribution in [2.75, 3.05) is 24.6 Å². The monoisotopic (exact) mass is 308 g/mol. The molecule has 8 heteroatoms. The molecule has 0 aliphatic heterocycles. The lowest BCUT2D eigenvalue weighted by Gasteiger charge is -2.03. The minimum Gasteiger partial charge on any atom is -0.447 e. The maximum Gasteiger partial charge on any atom is 0.273 e. The molecular formula is C11H20N2O4S2. The zero-order valence-corrected chi connectivity index (χ0v) is 12.8. The molecule has 0 aliphatic carbocycles. The van der Waals surface area contributed by atoms with Crippen molar-refractivity contribution in [3.63, 3.8) is 0 Å². The Morgan fingerprint density at radius 2 is 2.05 bits per heavy atom. The van der Waals surface area contributed by atoms with E-state index in [0.717, 1.165) is 6.54 Å². The summed E-state index contributed by atoms with van der Waals surface area (Å²) in [5.74, 6) is 1.40. The van der Waals surface area contributed by atoms with Crippen LogP contribution in [0.2, 0.25) is 0 Å². The summed E-state index contributed by atoms with van der Waals surface area (Å²) in [6.07, 6.45) is 0. The van der Waals surface area contributed by atoms with Gasteiger partial charge < -0.3 is 9.73 Å². The summed E-state index contributed by atoms with van der Waals surface area (Å²) in [4.78, 5) is 0. The Labute approximate surface area is 116 Å². The minimum atomic E-state index is -3.65. The number of furan rings is 1. The van der Waals surface area contributed by atoms with E-state index in [0.29, 0.717) is 23.8 Å². The first-order valence-electron chi connectivity index (χ1n) is 6.13. The molecule has 1 atom stereocenters. The highest BCUT2D eigenvalue weighted by Gasteiger charge is 2.18. The van der Waals surface area contributed by atoms with E-state index in [1.807, 2.05) is 6.92 Å². The molecule has 0 spiro atoms. The van der Waals surface area contributed by atoms with E-state index in [2.05, 4.69) is 10.0 Å². The summed E-state index contributed by atoms with van der Waals surface area (Å²) >= 11 is 0. The van der Waals surface area contributed by atoms with Gasteiger partial charge in [-0.2, -0.15) is 0 Å². The van der Waals surface area contributed by atoms with Gasteiger partial charge in [0.25, 0.3) is 10.0 Å². The second-order valence-electron chi connectivity index (χ2n) is 3.83. The lowest BCUT2D eigenvalue weighted by atomic mass is 10.4. The molecule has 2 N–H and O–H groups in total. The Morgan fingerprint density at radius 1 is 1.32 bits per heavy atom.